The van der Waals surface area contributed by atoms with E-state index < -0.39 is 11.8 Å². The van der Waals surface area contributed by atoms with E-state index in [9.17, 15) is 9.18 Å². The fourth-order valence-electron chi connectivity index (χ4n) is 3.79. The van der Waals surface area contributed by atoms with Gasteiger partial charge in [-0.1, -0.05) is 11.6 Å². The van der Waals surface area contributed by atoms with Crippen LogP contribution in [0.5, 0.6) is 0 Å². The van der Waals surface area contributed by atoms with Gasteiger partial charge in [-0.05, 0) is 25.7 Å². The number of amides is 2. The van der Waals surface area contributed by atoms with Gasteiger partial charge in [0.15, 0.2) is 17.5 Å². The highest BCUT2D eigenvalue weighted by atomic mass is 35.5. The summed E-state index contributed by atoms with van der Waals surface area (Å²) >= 11 is 6.11. The quantitative estimate of drug-likeness (QED) is 0.712. The number of nitrogens with zero attached hydrogens (tertiary/aromatic N) is 4. The Balaban J connectivity index is 1.50. The number of hydrogen-bond donors (Lipinski definition) is 3. The number of rotatable bonds is 4. The van der Waals surface area contributed by atoms with Crippen LogP contribution in [0.25, 0.3) is 5.57 Å². The van der Waals surface area contributed by atoms with Crippen molar-refractivity contribution in [2.24, 2.45) is 16.6 Å². The SMILES string of the molecule is NC(=O)N1CCCC[C@@H]1CNc1nc(C2=CNC3=NC=C(Cl)CC23)ncc1F. The Labute approximate surface area is 166 Å². The number of nitrogens with two attached hydrogens (primary N) is 1. The Morgan fingerprint density at radius 1 is 1.46 bits per heavy atom. The Kier molecular flexibility index (Phi) is 5.17. The first-order valence-corrected chi connectivity index (χ1v) is 9.62. The lowest BCUT2D eigenvalue weighted by atomic mass is 9.95. The molecule has 8 nitrogen and oxygen atoms in total. The number of amidine groups is 1. The van der Waals surface area contributed by atoms with Crippen LogP contribution in [0.2, 0.25) is 0 Å². The highest BCUT2D eigenvalue weighted by molar-refractivity contribution is 6.30. The van der Waals surface area contributed by atoms with Gasteiger partial charge in [-0.15, -0.1) is 0 Å². The maximum absolute atomic E-state index is 14.3. The van der Waals surface area contributed by atoms with E-state index in [1.165, 1.54) is 0 Å². The summed E-state index contributed by atoms with van der Waals surface area (Å²) in [7, 11) is 0. The lowest BCUT2D eigenvalue weighted by Crippen LogP contribution is -2.49. The molecule has 0 aromatic carbocycles. The van der Waals surface area contributed by atoms with Crippen LogP contribution in [-0.4, -0.2) is 45.9 Å². The number of aliphatic imine (C=N–C) groups is 1. The molecule has 2 atom stereocenters. The molecule has 28 heavy (non-hydrogen) atoms. The van der Waals surface area contributed by atoms with E-state index in [1.807, 2.05) is 0 Å². The van der Waals surface area contributed by atoms with Crippen LogP contribution in [0.15, 0.2) is 28.6 Å². The summed E-state index contributed by atoms with van der Waals surface area (Å²) in [6.07, 6.45) is 7.88. The topological polar surface area (TPSA) is 109 Å². The molecule has 1 fully saturated rings. The molecule has 0 aliphatic carbocycles. The number of halogens is 2. The van der Waals surface area contributed by atoms with Crippen LogP contribution in [0.3, 0.4) is 0 Å². The number of nitrogens with one attached hydrogen (secondary N) is 2. The van der Waals surface area contributed by atoms with Crippen molar-refractivity contribution in [1.29, 1.82) is 0 Å². The van der Waals surface area contributed by atoms with Crippen molar-refractivity contribution in [3.63, 3.8) is 0 Å². The van der Waals surface area contributed by atoms with Crippen LogP contribution >= 0.6 is 11.6 Å². The molecule has 2 amide bonds. The van der Waals surface area contributed by atoms with E-state index in [4.69, 9.17) is 17.3 Å². The third-order valence-electron chi connectivity index (χ3n) is 5.24. The van der Waals surface area contributed by atoms with Gasteiger partial charge < -0.3 is 21.3 Å². The van der Waals surface area contributed by atoms with Crippen LogP contribution < -0.4 is 16.4 Å². The van der Waals surface area contributed by atoms with Crippen molar-refractivity contribution in [3.8, 4) is 0 Å². The first kappa shape index (κ1) is 18.7. The average Bonchev–Trinajstić information content (AvgIpc) is 3.10. The zero-order valence-electron chi connectivity index (χ0n) is 15.2. The predicted molar refractivity (Wildman–Crippen MR) is 105 cm³/mol. The second-order valence-corrected chi connectivity index (χ2v) is 7.53. The van der Waals surface area contributed by atoms with E-state index in [1.54, 1.807) is 17.3 Å². The minimum atomic E-state index is -0.549. The summed E-state index contributed by atoms with van der Waals surface area (Å²) in [5.41, 5.74) is 6.27. The second kappa shape index (κ2) is 7.75. The zero-order valence-corrected chi connectivity index (χ0v) is 15.9. The average molecular weight is 406 g/mol. The number of fused-ring (bicyclic) bond motifs is 1. The van der Waals surface area contributed by atoms with Crippen LogP contribution in [0.4, 0.5) is 15.0 Å². The third-order valence-corrected chi connectivity index (χ3v) is 5.49. The molecule has 1 aromatic heterocycles. The van der Waals surface area contributed by atoms with E-state index in [-0.39, 0.29) is 17.8 Å². The van der Waals surface area contributed by atoms with Gasteiger partial charge >= 0.3 is 6.03 Å². The van der Waals surface area contributed by atoms with E-state index in [0.29, 0.717) is 30.4 Å². The fourth-order valence-corrected chi connectivity index (χ4v) is 3.99. The molecule has 0 bridgehead atoms. The number of likely N-dealkylation sites (tertiary alicyclic amines) is 1. The number of carbonyl (C=O) groups excluding carboxylic acids is 1. The summed E-state index contributed by atoms with van der Waals surface area (Å²) in [6.45, 7) is 0.994. The number of carbonyl (C=O) groups is 1. The first-order valence-electron chi connectivity index (χ1n) is 9.24. The molecule has 1 aromatic rings. The van der Waals surface area contributed by atoms with Gasteiger partial charge in [0.1, 0.15) is 5.84 Å². The van der Waals surface area contributed by atoms with Gasteiger partial charge in [0.05, 0.1) is 18.2 Å². The fraction of sp³-hybridized carbons (Fsp3) is 0.444. The van der Waals surface area contributed by atoms with Crippen molar-refractivity contribution in [2.75, 3.05) is 18.4 Å². The van der Waals surface area contributed by atoms with Crippen LogP contribution in [-0.2, 0) is 0 Å². The Bertz CT molecular complexity index is 885. The number of urea groups is 1. The monoisotopic (exact) mass is 405 g/mol. The zero-order chi connectivity index (χ0) is 19.7. The minimum absolute atomic E-state index is 0.0699. The first-order chi connectivity index (χ1) is 13.5. The van der Waals surface area contributed by atoms with E-state index in [0.717, 1.165) is 36.9 Å². The Morgan fingerprint density at radius 2 is 2.32 bits per heavy atom. The molecule has 3 aliphatic heterocycles. The Morgan fingerprint density at radius 3 is 3.14 bits per heavy atom. The van der Waals surface area contributed by atoms with Gasteiger partial charge in [0.25, 0.3) is 0 Å². The summed E-state index contributed by atoms with van der Waals surface area (Å²) in [4.78, 5) is 26.0. The standard InChI is InChI=1S/C18H21ClFN7O/c19-10-5-12-13(8-24-15(12)22-6-10)16-25-9-14(20)17(26-16)23-7-11-3-1-2-4-27(11)18(21)28/h6,8-9,11-12H,1-5,7H2,(H2,21,28)(H,22,24)(H,23,25,26)/t11-,12?/m1/s1. The van der Waals surface area contributed by atoms with Crippen molar-refractivity contribution in [1.82, 2.24) is 20.2 Å². The number of aromatic nitrogens is 2. The highest BCUT2D eigenvalue weighted by Gasteiger charge is 2.32. The lowest BCUT2D eigenvalue weighted by molar-refractivity contribution is 0.164. The minimum Gasteiger partial charge on any atom is -0.365 e. The number of hydrogen-bond acceptors (Lipinski definition) is 6. The summed E-state index contributed by atoms with van der Waals surface area (Å²) in [5, 5.41) is 6.76. The van der Waals surface area contributed by atoms with Crippen molar-refractivity contribution in [2.45, 2.75) is 31.7 Å². The van der Waals surface area contributed by atoms with Crippen LogP contribution in [0.1, 0.15) is 31.5 Å². The van der Waals surface area contributed by atoms with E-state index >= 15 is 0 Å². The maximum atomic E-state index is 14.3. The largest absolute Gasteiger partial charge is 0.365 e. The molecule has 0 saturated carbocycles. The smallest absolute Gasteiger partial charge is 0.315 e. The lowest BCUT2D eigenvalue weighted by Gasteiger charge is -2.34. The number of primary amides is 1. The molecule has 3 aliphatic rings. The molecule has 4 N–H and O–H groups in total. The van der Waals surface area contributed by atoms with Gasteiger partial charge in [-0.3, -0.25) is 0 Å². The molecule has 148 valence electrons. The normalized spacial score (nSPS) is 23.9. The Hall–Kier alpha value is -2.68. The molecule has 1 unspecified atom stereocenters. The third kappa shape index (κ3) is 3.66. The molecular formula is C18H21ClFN7O. The summed E-state index contributed by atoms with van der Waals surface area (Å²) < 4.78 is 14.3. The number of allylic oxidation sites excluding steroid dienone is 1. The molecule has 4 heterocycles. The maximum Gasteiger partial charge on any atom is 0.315 e. The summed E-state index contributed by atoms with van der Waals surface area (Å²) in [6, 6.07) is -0.538. The molecule has 0 spiro atoms. The number of anilines is 1. The molecular weight excluding hydrogens is 385 g/mol. The molecule has 4 rings (SSSR count). The van der Waals surface area contributed by atoms with Gasteiger partial charge in [0, 0.05) is 36.1 Å². The van der Waals surface area contributed by atoms with Crippen molar-refractivity contribution >= 4 is 34.9 Å². The van der Waals surface area contributed by atoms with E-state index in [2.05, 4.69) is 25.6 Å². The van der Waals surface area contributed by atoms with Gasteiger partial charge in [-0.25, -0.2) is 24.1 Å². The molecule has 10 heteroatoms. The van der Waals surface area contributed by atoms with Crippen molar-refractivity contribution < 1.29 is 9.18 Å². The molecule has 1 saturated heterocycles. The highest BCUT2D eigenvalue weighted by Crippen LogP contribution is 2.34. The van der Waals surface area contributed by atoms with Gasteiger partial charge in [0.2, 0.25) is 0 Å². The molecule has 0 radical (unpaired) electrons. The second-order valence-electron chi connectivity index (χ2n) is 7.04. The predicted octanol–water partition coefficient (Wildman–Crippen LogP) is 2.40. The van der Waals surface area contributed by atoms with Crippen LogP contribution in [0, 0.1) is 11.7 Å². The number of piperidine rings is 1. The van der Waals surface area contributed by atoms with Crippen molar-refractivity contribution in [3.05, 3.63) is 35.3 Å². The summed E-state index contributed by atoms with van der Waals surface area (Å²) in [5.74, 6) is 0.671. The van der Waals surface area contributed by atoms with Gasteiger partial charge in [-0.2, -0.15) is 0 Å².